The number of amides is 1. The predicted octanol–water partition coefficient (Wildman–Crippen LogP) is 18.4. The molecule has 1 amide bonds. The Bertz CT molecular complexity index is 1090. The summed E-state index contributed by atoms with van der Waals surface area (Å²) in [5.41, 5.74) is 0. The molecule has 67 heavy (non-hydrogen) atoms. The maximum atomic E-state index is 12.4. The van der Waals surface area contributed by atoms with Crippen molar-refractivity contribution in [3.63, 3.8) is 0 Å². The summed E-state index contributed by atoms with van der Waals surface area (Å²) in [7, 11) is 0. The molecule has 0 aromatic carbocycles. The molecule has 0 saturated carbocycles. The molecule has 0 aliphatic heterocycles. The number of aliphatic hydroxyl groups is 2. The molecule has 0 aromatic rings. The largest absolute Gasteiger partial charge is 0.466 e. The second kappa shape index (κ2) is 56.7. The number of esters is 1. The number of aliphatic hydroxyl groups excluding tert-OH is 2. The van der Waals surface area contributed by atoms with Crippen molar-refractivity contribution in [1.29, 1.82) is 0 Å². The second-order valence-electron chi connectivity index (χ2n) is 20.3. The minimum Gasteiger partial charge on any atom is -0.466 e. The molecule has 0 aliphatic rings. The number of carbonyl (C=O) groups excluding carboxylic acids is 2. The van der Waals surface area contributed by atoms with Crippen LogP contribution < -0.4 is 5.32 Å². The van der Waals surface area contributed by atoms with Crippen LogP contribution in [0, 0.1) is 0 Å². The summed E-state index contributed by atoms with van der Waals surface area (Å²) >= 11 is 0. The Kier molecular flexibility index (Phi) is 55.0. The predicted molar refractivity (Wildman–Crippen MR) is 292 cm³/mol. The third-order valence-electron chi connectivity index (χ3n) is 13.6. The molecule has 0 aliphatic carbocycles. The number of allylic oxidation sites excluding steroid dienone is 5. The molecule has 0 aromatic heterocycles. The summed E-state index contributed by atoms with van der Waals surface area (Å²) < 4.78 is 5.46. The molecule has 0 radical (unpaired) electrons. The molecule has 0 heterocycles. The normalized spacial score (nSPS) is 12.8. The number of nitrogens with one attached hydrogen (secondary N) is 1. The van der Waals surface area contributed by atoms with Crippen LogP contribution in [0.3, 0.4) is 0 Å². The topological polar surface area (TPSA) is 95.9 Å². The van der Waals surface area contributed by atoms with Gasteiger partial charge in [-0.3, -0.25) is 9.59 Å². The third kappa shape index (κ3) is 53.3. The zero-order valence-electron chi connectivity index (χ0n) is 44.9. The lowest BCUT2D eigenvalue weighted by Gasteiger charge is -2.20. The van der Waals surface area contributed by atoms with Gasteiger partial charge in [0.15, 0.2) is 0 Å². The molecule has 0 rings (SSSR count). The Balaban J connectivity index is 3.41. The molecule has 0 spiro atoms. The van der Waals surface area contributed by atoms with Crippen LogP contribution in [0.15, 0.2) is 36.5 Å². The van der Waals surface area contributed by atoms with Crippen molar-refractivity contribution in [3.05, 3.63) is 36.5 Å². The molecule has 0 bridgehead atoms. The molecule has 0 saturated heterocycles. The smallest absolute Gasteiger partial charge is 0.305 e. The van der Waals surface area contributed by atoms with Crippen LogP contribution in [-0.2, 0) is 14.3 Å². The van der Waals surface area contributed by atoms with E-state index in [1.165, 1.54) is 244 Å². The van der Waals surface area contributed by atoms with Gasteiger partial charge < -0.3 is 20.3 Å². The van der Waals surface area contributed by atoms with Crippen molar-refractivity contribution < 1.29 is 24.5 Å². The van der Waals surface area contributed by atoms with E-state index in [4.69, 9.17) is 4.74 Å². The van der Waals surface area contributed by atoms with E-state index >= 15 is 0 Å². The van der Waals surface area contributed by atoms with Gasteiger partial charge in [-0.15, -0.1) is 0 Å². The molecule has 2 unspecified atom stereocenters. The maximum Gasteiger partial charge on any atom is 0.305 e. The van der Waals surface area contributed by atoms with E-state index < -0.39 is 12.1 Å². The second-order valence-corrected chi connectivity index (χ2v) is 20.3. The van der Waals surface area contributed by atoms with Crippen LogP contribution in [0.2, 0.25) is 0 Å². The third-order valence-corrected chi connectivity index (χ3v) is 13.6. The van der Waals surface area contributed by atoms with E-state index in [1.807, 2.05) is 6.08 Å². The average molecular weight is 943 g/mol. The first-order chi connectivity index (χ1) is 33.0. The number of hydrogen-bond donors (Lipinski definition) is 3. The average Bonchev–Trinajstić information content (AvgIpc) is 3.33. The van der Waals surface area contributed by atoms with Crippen molar-refractivity contribution in [2.24, 2.45) is 0 Å². The number of hydrogen-bond acceptors (Lipinski definition) is 5. The quantitative estimate of drug-likeness (QED) is 0.0321. The van der Waals surface area contributed by atoms with Crippen molar-refractivity contribution in [2.75, 3.05) is 13.2 Å². The highest BCUT2D eigenvalue weighted by Crippen LogP contribution is 2.16. The van der Waals surface area contributed by atoms with Gasteiger partial charge in [-0.1, -0.05) is 262 Å². The summed E-state index contributed by atoms with van der Waals surface area (Å²) in [5.74, 6) is -0.0674. The SMILES string of the molecule is CCCC/C=C\CCCCCCCC(=O)OCCCCCCCCCCCCCC/C=C\CCCCCCCCCCCCC(=O)NC(CO)C(O)/C=C/CCCCCCCCCCCCC. The van der Waals surface area contributed by atoms with E-state index in [0.717, 1.165) is 44.9 Å². The van der Waals surface area contributed by atoms with Crippen LogP contribution in [-0.4, -0.2) is 47.4 Å². The summed E-state index contributed by atoms with van der Waals surface area (Å²) in [4.78, 5) is 24.4. The fourth-order valence-corrected chi connectivity index (χ4v) is 9.02. The van der Waals surface area contributed by atoms with Crippen molar-refractivity contribution >= 4 is 11.9 Å². The van der Waals surface area contributed by atoms with Crippen LogP contribution in [0.1, 0.15) is 316 Å². The lowest BCUT2D eigenvalue weighted by molar-refractivity contribution is -0.143. The molecular weight excluding hydrogens is 827 g/mol. The zero-order valence-corrected chi connectivity index (χ0v) is 44.9. The highest BCUT2D eigenvalue weighted by Gasteiger charge is 2.18. The van der Waals surface area contributed by atoms with Gasteiger partial charge in [0, 0.05) is 12.8 Å². The van der Waals surface area contributed by atoms with Gasteiger partial charge in [-0.25, -0.2) is 0 Å². The zero-order chi connectivity index (χ0) is 48.6. The Hall–Kier alpha value is -1.92. The highest BCUT2D eigenvalue weighted by atomic mass is 16.5. The molecule has 394 valence electrons. The van der Waals surface area contributed by atoms with E-state index in [0.29, 0.717) is 19.4 Å². The number of ether oxygens (including phenoxy) is 1. The van der Waals surface area contributed by atoms with Gasteiger partial charge in [-0.05, 0) is 77.0 Å². The molecule has 6 heteroatoms. The Morgan fingerprint density at radius 3 is 1.10 bits per heavy atom. The number of unbranched alkanes of at least 4 members (excludes halogenated alkanes) is 40. The maximum absolute atomic E-state index is 12.4. The van der Waals surface area contributed by atoms with Gasteiger partial charge >= 0.3 is 5.97 Å². The fourth-order valence-electron chi connectivity index (χ4n) is 9.02. The van der Waals surface area contributed by atoms with Gasteiger partial charge in [0.1, 0.15) is 0 Å². The summed E-state index contributed by atoms with van der Waals surface area (Å²) in [6.45, 7) is 4.86. The van der Waals surface area contributed by atoms with E-state index in [-0.39, 0.29) is 18.5 Å². The minimum atomic E-state index is -0.845. The Morgan fingerprint density at radius 2 is 0.716 bits per heavy atom. The van der Waals surface area contributed by atoms with Crippen LogP contribution in [0.4, 0.5) is 0 Å². The summed E-state index contributed by atoms with van der Waals surface area (Å²) in [6, 6.07) is -0.628. The summed E-state index contributed by atoms with van der Waals surface area (Å²) in [5, 5.41) is 23.1. The van der Waals surface area contributed by atoms with Crippen molar-refractivity contribution in [3.8, 4) is 0 Å². The lowest BCUT2D eigenvalue weighted by atomic mass is 10.0. The van der Waals surface area contributed by atoms with Crippen molar-refractivity contribution in [2.45, 2.75) is 328 Å². The van der Waals surface area contributed by atoms with Crippen LogP contribution in [0.25, 0.3) is 0 Å². The fraction of sp³-hybridized carbons (Fsp3) is 0.869. The monoisotopic (exact) mass is 942 g/mol. The standard InChI is InChI=1S/C61H115NO5/c1-3-5-7-9-11-13-15-30-34-37-41-45-49-53-59(64)58(57-63)62-60(65)54-50-46-42-38-35-31-28-26-24-22-20-18-16-17-19-21-23-25-27-29-32-36-40-44-48-52-56-67-61(66)55-51-47-43-39-33-14-12-10-8-6-4-2/h10,12,16,18,49,53,58-59,63-64H,3-9,11,13-15,17,19-48,50-52,54-57H2,1-2H3,(H,62,65)/b12-10-,18-16-,53-49+. The molecule has 2 atom stereocenters. The summed E-state index contributed by atoms with van der Waals surface area (Å²) in [6.07, 6.45) is 70.4. The Morgan fingerprint density at radius 1 is 0.403 bits per heavy atom. The van der Waals surface area contributed by atoms with E-state index in [2.05, 4.69) is 43.5 Å². The number of rotatable bonds is 55. The minimum absolute atomic E-state index is 0.00246. The molecule has 0 fully saturated rings. The first-order valence-corrected chi connectivity index (χ1v) is 29.8. The lowest BCUT2D eigenvalue weighted by Crippen LogP contribution is -2.45. The van der Waals surface area contributed by atoms with Crippen LogP contribution >= 0.6 is 0 Å². The molecule has 6 nitrogen and oxygen atoms in total. The number of carbonyl (C=O) groups is 2. The van der Waals surface area contributed by atoms with E-state index in [9.17, 15) is 19.8 Å². The Labute approximate surface area is 417 Å². The van der Waals surface area contributed by atoms with Crippen molar-refractivity contribution in [1.82, 2.24) is 5.32 Å². The van der Waals surface area contributed by atoms with Gasteiger partial charge in [-0.2, -0.15) is 0 Å². The first-order valence-electron chi connectivity index (χ1n) is 29.8. The van der Waals surface area contributed by atoms with Crippen LogP contribution in [0.5, 0.6) is 0 Å². The molecule has 3 N–H and O–H groups in total. The van der Waals surface area contributed by atoms with Gasteiger partial charge in [0.05, 0.1) is 25.4 Å². The van der Waals surface area contributed by atoms with Gasteiger partial charge in [0.2, 0.25) is 5.91 Å². The van der Waals surface area contributed by atoms with Gasteiger partial charge in [0.25, 0.3) is 0 Å². The highest BCUT2D eigenvalue weighted by molar-refractivity contribution is 5.76. The molecular formula is C61H115NO5. The first kappa shape index (κ1) is 65.1. The van der Waals surface area contributed by atoms with E-state index in [1.54, 1.807) is 6.08 Å².